The van der Waals surface area contributed by atoms with Gasteiger partial charge in [0.15, 0.2) is 22.8 Å². The molecule has 5 aliphatic rings. The van der Waals surface area contributed by atoms with Crippen LogP contribution in [-0.4, -0.2) is 53.4 Å². The zero-order valence-electron chi connectivity index (χ0n) is 16.5. The maximum Gasteiger partial charge on any atom is 0.193 e. The summed E-state index contributed by atoms with van der Waals surface area (Å²) in [6, 6.07) is 0. The first kappa shape index (κ1) is 18.6. The number of alkyl halides is 1. The Bertz CT molecular complexity index is 835. The maximum absolute atomic E-state index is 16.9. The molecule has 4 aliphatic carbocycles. The van der Waals surface area contributed by atoms with E-state index in [1.807, 2.05) is 6.92 Å². The van der Waals surface area contributed by atoms with Gasteiger partial charge >= 0.3 is 0 Å². The first-order chi connectivity index (χ1) is 13.2. The van der Waals surface area contributed by atoms with Gasteiger partial charge in [-0.25, -0.2) is 4.39 Å². The van der Waals surface area contributed by atoms with Gasteiger partial charge in [0.2, 0.25) is 0 Å². The van der Waals surface area contributed by atoms with Crippen molar-refractivity contribution < 1.29 is 28.6 Å². The van der Waals surface area contributed by atoms with E-state index < -0.39 is 34.3 Å². The number of aliphatic hydroxyl groups is 1. The lowest BCUT2D eigenvalue weighted by molar-refractivity contribution is -0.179. The Hall–Kier alpha value is -1.37. The van der Waals surface area contributed by atoms with Crippen molar-refractivity contribution in [3.8, 4) is 0 Å². The summed E-state index contributed by atoms with van der Waals surface area (Å²) in [6.07, 6.45) is 5.32. The third kappa shape index (κ3) is 1.79. The molecule has 1 aliphatic heterocycles. The molecule has 4 fully saturated rings. The first-order valence-corrected chi connectivity index (χ1v) is 10.2. The van der Waals surface area contributed by atoms with E-state index >= 15 is 4.39 Å². The monoisotopic (exact) mass is 390 g/mol. The third-order valence-corrected chi connectivity index (χ3v) is 8.61. The molecule has 0 bridgehead atoms. The van der Waals surface area contributed by atoms with E-state index in [1.54, 1.807) is 13.0 Å². The van der Waals surface area contributed by atoms with Gasteiger partial charge in [-0.05, 0) is 50.2 Å². The van der Waals surface area contributed by atoms with Gasteiger partial charge in [-0.3, -0.25) is 9.59 Å². The summed E-state index contributed by atoms with van der Waals surface area (Å²) in [6.45, 7) is 3.75. The van der Waals surface area contributed by atoms with Crippen LogP contribution in [0.25, 0.3) is 0 Å². The Morgan fingerprint density at radius 1 is 1.43 bits per heavy atom. The van der Waals surface area contributed by atoms with Crippen LogP contribution in [-0.2, 0) is 19.1 Å². The zero-order valence-corrected chi connectivity index (χ0v) is 16.5. The van der Waals surface area contributed by atoms with Crippen LogP contribution in [0.5, 0.6) is 0 Å². The third-order valence-electron chi connectivity index (χ3n) is 8.61. The van der Waals surface area contributed by atoms with Crippen molar-refractivity contribution in [2.24, 2.45) is 23.2 Å². The molecule has 152 valence electrons. The Balaban J connectivity index is 1.58. The summed E-state index contributed by atoms with van der Waals surface area (Å²) in [5.74, 6) is -0.808. The Morgan fingerprint density at radius 3 is 2.89 bits per heavy atom. The first-order valence-electron chi connectivity index (χ1n) is 10.2. The van der Waals surface area contributed by atoms with Crippen LogP contribution < -0.4 is 0 Å². The van der Waals surface area contributed by atoms with E-state index in [-0.39, 0.29) is 36.4 Å². The molecule has 3 saturated carbocycles. The Labute approximate surface area is 164 Å². The molecule has 0 aromatic carbocycles. The SMILES string of the molecule is COCC(=O)[C@]12O[C@@]13C[C@H](O)[C@@]1(F)[C@@H](CCC4=CC(=O)C=C[C@@]41C)[C@@H]3C[C@H]2C. The molecule has 28 heavy (non-hydrogen) atoms. The number of ketones is 2. The second-order valence-corrected chi connectivity index (χ2v) is 9.57. The highest BCUT2D eigenvalue weighted by Crippen LogP contribution is 2.76. The summed E-state index contributed by atoms with van der Waals surface area (Å²) < 4.78 is 28.1. The predicted molar refractivity (Wildman–Crippen MR) is 98.2 cm³/mol. The number of Topliss-reactive ketones (excluding diaryl/α,β-unsaturated/α-hetero) is 1. The maximum atomic E-state index is 16.9. The van der Waals surface area contributed by atoms with Crippen LogP contribution in [0.15, 0.2) is 23.8 Å². The number of halogens is 1. The van der Waals surface area contributed by atoms with E-state index in [0.717, 1.165) is 5.57 Å². The van der Waals surface area contributed by atoms with Crippen molar-refractivity contribution in [3.05, 3.63) is 23.8 Å². The van der Waals surface area contributed by atoms with E-state index in [2.05, 4.69) is 0 Å². The largest absolute Gasteiger partial charge is 0.390 e. The second-order valence-electron chi connectivity index (χ2n) is 9.57. The average molecular weight is 390 g/mol. The summed E-state index contributed by atoms with van der Waals surface area (Å²) in [7, 11) is 1.48. The summed E-state index contributed by atoms with van der Waals surface area (Å²) in [4.78, 5) is 24.7. The number of epoxide rings is 1. The fourth-order valence-corrected chi connectivity index (χ4v) is 7.37. The van der Waals surface area contributed by atoms with Crippen molar-refractivity contribution in [2.45, 2.75) is 62.5 Å². The van der Waals surface area contributed by atoms with Crippen LogP contribution in [0.2, 0.25) is 0 Å². The molecule has 1 saturated heterocycles. The minimum atomic E-state index is -1.88. The van der Waals surface area contributed by atoms with Gasteiger partial charge in [0.25, 0.3) is 0 Å². The molecular weight excluding hydrogens is 363 g/mol. The number of allylic oxidation sites excluding steroid dienone is 4. The van der Waals surface area contributed by atoms with Crippen LogP contribution in [0.3, 0.4) is 0 Å². The lowest BCUT2D eigenvalue weighted by atomic mass is 9.48. The van der Waals surface area contributed by atoms with Gasteiger partial charge in [-0.1, -0.05) is 18.6 Å². The molecule has 1 heterocycles. The van der Waals surface area contributed by atoms with Gasteiger partial charge in [0, 0.05) is 24.9 Å². The number of carbonyl (C=O) groups excluding carboxylic acids is 2. The minimum absolute atomic E-state index is 0.0320. The molecule has 8 atom stereocenters. The minimum Gasteiger partial charge on any atom is -0.390 e. The molecule has 5 rings (SSSR count). The van der Waals surface area contributed by atoms with Gasteiger partial charge < -0.3 is 14.6 Å². The molecule has 0 aromatic rings. The van der Waals surface area contributed by atoms with Gasteiger partial charge in [-0.2, -0.15) is 0 Å². The summed E-state index contributed by atoms with van der Waals surface area (Å²) in [5.41, 5.74) is -3.86. The van der Waals surface area contributed by atoms with Crippen LogP contribution in [0, 0.1) is 23.2 Å². The highest BCUT2D eigenvalue weighted by Gasteiger charge is 2.87. The smallest absolute Gasteiger partial charge is 0.193 e. The van der Waals surface area contributed by atoms with Crippen molar-refractivity contribution in [3.63, 3.8) is 0 Å². The molecule has 0 aromatic heterocycles. The summed E-state index contributed by atoms with van der Waals surface area (Å²) in [5, 5.41) is 11.1. The van der Waals surface area contributed by atoms with E-state index in [9.17, 15) is 14.7 Å². The van der Waals surface area contributed by atoms with Gasteiger partial charge in [-0.15, -0.1) is 0 Å². The number of aliphatic hydroxyl groups excluding tert-OH is 1. The van der Waals surface area contributed by atoms with E-state index in [4.69, 9.17) is 9.47 Å². The zero-order chi connectivity index (χ0) is 20.1. The lowest BCUT2D eigenvalue weighted by Crippen LogP contribution is -2.66. The molecule has 1 spiro atoms. The topological polar surface area (TPSA) is 76.1 Å². The predicted octanol–water partition coefficient (Wildman–Crippen LogP) is 2.32. The fourth-order valence-electron chi connectivity index (χ4n) is 7.37. The van der Waals surface area contributed by atoms with Crippen LogP contribution >= 0.6 is 0 Å². The highest BCUT2D eigenvalue weighted by molar-refractivity contribution is 6.01. The Morgan fingerprint density at radius 2 is 2.18 bits per heavy atom. The highest BCUT2D eigenvalue weighted by atomic mass is 19.1. The standard InChI is InChI=1S/C22H27FO5/c1-12-8-16-15-5-4-13-9-14(24)6-7-19(13,2)21(15,23)17(25)10-20(16)22(12,28-20)18(26)11-27-3/h6-7,9,12,15-17,25H,4-5,8,10-11H2,1-3H3/t12-,15+,16+,17+,19+,20-,21+,22+/m1/s1. The van der Waals surface area contributed by atoms with Gasteiger partial charge in [0.05, 0.1) is 6.10 Å². The molecule has 5 nitrogen and oxygen atoms in total. The lowest BCUT2D eigenvalue weighted by Gasteiger charge is -2.59. The molecule has 0 radical (unpaired) electrons. The number of rotatable bonds is 3. The van der Waals surface area contributed by atoms with Crippen LogP contribution in [0.4, 0.5) is 4.39 Å². The number of carbonyl (C=O) groups is 2. The average Bonchev–Trinajstić information content (AvgIpc) is 3.25. The number of hydrogen-bond donors (Lipinski definition) is 1. The Kier molecular flexibility index (Phi) is 3.60. The fraction of sp³-hybridized carbons (Fsp3) is 0.727. The van der Waals surface area contributed by atoms with Crippen LogP contribution in [0.1, 0.15) is 39.5 Å². The number of fused-ring (bicyclic) bond motifs is 4. The van der Waals surface area contributed by atoms with Crippen molar-refractivity contribution >= 4 is 11.6 Å². The molecule has 1 N–H and O–H groups in total. The summed E-state index contributed by atoms with van der Waals surface area (Å²) >= 11 is 0. The van der Waals surface area contributed by atoms with Crippen molar-refractivity contribution in [1.29, 1.82) is 0 Å². The van der Waals surface area contributed by atoms with Crippen molar-refractivity contribution in [1.82, 2.24) is 0 Å². The van der Waals surface area contributed by atoms with E-state index in [1.165, 1.54) is 19.3 Å². The van der Waals surface area contributed by atoms with Crippen molar-refractivity contribution in [2.75, 3.05) is 13.7 Å². The normalized spacial score (nSPS) is 53.6. The second kappa shape index (κ2) is 5.41. The number of ether oxygens (including phenoxy) is 2. The molecule has 0 amide bonds. The quantitative estimate of drug-likeness (QED) is 0.749. The molecule has 6 heteroatoms. The molecule has 0 unspecified atom stereocenters. The number of methoxy groups -OCH3 is 1. The number of hydrogen-bond acceptors (Lipinski definition) is 5. The van der Waals surface area contributed by atoms with E-state index in [0.29, 0.717) is 19.3 Å². The molecular formula is C22H27FO5. The van der Waals surface area contributed by atoms with Gasteiger partial charge in [0.1, 0.15) is 12.2 Å².